The molecule has 1 saturated heterocycles. The van der Waals surface area contributed by atoms with Gasteiger partial charge in [0.15, 0.2) is 0 Å². The van der Waals surface area contributed by atoms with Crippen LogP contribution in [0.25, 0.3) is 0 Å². The molecule has 0 amide bonds. The summed E-state index contributed by atoms with van der Waals surface area (Å²) in [5, 5.41) is 0. The SMILES string of the molecule is C.CC1CCOC(=O)C1C. The Hall–Kier alpha value is -0.530. The second kappa shape index (κ2) is 3.59. The van der Waals surface area contributed by atoms with E-state index in [1.807, 2.05) is 6.92 Å². The molecule has 0 bridgehead atoms. The maximum Gasteiger partial charge on any atom is 0.308 e. The molecule has 0 saturated carbocycles. The third kappa shape index (κ3) is 1.72. The molecule has 1 rings (SSSR count). The highest BCUT2D eigenvalue weighted by molar-refractivity contribution is 5.72. The quantitative estimate of drug-likeness (QED) is 0.485. The van der Waals surface area contributed by atoms with Gasteiger partial charge in [-0.15, -0.1) is 0 Å². The van der Waals surface area contributed by atoms with Gasteiger partial charge in [0.2, 0.25) is 0 Å². The Morgan fingerprint density at radius 2 is 2.10 bits per heavy atom. The summed E-state index contributed by atoms with van der Waals surface area (Å²) in [6, 6.07) is 0. The second-order valence-electron chi connectivity index (χ2n) is 2.72. The molecule has 2 heteroatoms. The van der Waals surface area contributed by atoms with E-state index in [9.17, 15) is 4.79 Å². The van der Waals surface area contributed by atoms with Crippen molar-refractivity contribution in [1.82, 2.24) is 0 Å². The maximum atomic E-state index is 10.8. The molecule has 2 unspecified atom stereocenters. The first-order valence-corrected chi connectivity index (χ1v) is 3.38. The number of rotatable bonds is 0. The van der Waals surface area contributed by atoms with Crippen molar-refractivity contribution in [1.29, 1.82) is 0 Å². The first kappa shape index (κ1) is 9.47. The summed E-state index contributed by atoms with van der Waals surface area (Å²) in [7, 11) is 0. The topological polar surface area (TPSA) is 26.3 Å². The summed E-state index contributed by atoms with van der Waals surface area (Å²) < 4.78 is 4.82. The molecule has 60 valence electrons. The third-order valence-electron chi connectivity index (χ3n) is 2.04. The number of carbonyl (C=O) groups is 1. The van der Waals surface area contributed by atoms with Gasteiger partial charge in [-0.3, -0.25) is 4.79 Å². The van der Waals surface area contributed by atoms with Crippen LogP contribution >= 0.6 is 0 Å². The smallest absolute Gasteiger partial charge is 0.308 e. The lowest BCUT2D eigenvalue weighted by Crippen LogP contribution is -2.28. The number of cyclic esters (lactones) is 1. The summed E-state index contributed by atoms with van der Waals surface area (Å²) in [5.74, 6) is 0.582. The van der Waals surface area contributed by atoms with Crippen LogP contribution in [0.4, 0.5) is 0 Å². The molecule has 10 heavy (non-hydrogen) atoms. The lowest BCUT2D eigenvalue weighted by atomic mass is 9.91. The highest BCUT2D eigenvalue weighted by Crippen LogP contribution is 2.20. The molecule has 0 aliphatic carbocycles. The van der Waals surface area contributed by atoms with Gasteiger partial charge in [0.05, 0.1) is 12.5 Å². The molecular formula is C8H16O2. The lowest BCUT2D eigenvalue weighted by Gasteiger charge is -2.23. The monoisotopic (exact) mass is 144 g/mol. The molecule has 0 spiro atoms. The summed E-state index contributed by atoms with van der Waals surface area (Å²) in [4.78, 5) is 10.8. The zero-order valence-corrected chi connectivity index (χ0v) is 5.89. The largest absolute Gasteiger partial charge is 0.465 e. The van der Waals surface area contributed by atoms with E-state index in [0.717, 1.165) is 6.42 Å². The van der Waals surface area contributed by atoms with Gasteiger partial charge in [0.1, 0.15) is 0 Å². The first-order valence-electron chi connectivity index (χ1n) is 3.38. The number of hydrogen-bond acceptors (Lipinski definition) is 2. The number of esters is 1. The maximum absolute atomic E-state index is 10.8. The number of carbonyl (C=O) groups excluding carboxylic acids is 1. The molecule has 2 atom stereocenters. The Bertz CT molecular complexity index is 120. The number of hydrogen-bond donors (Lipinski definition) is 0. The van der Waals surface area contributed by atoms with Gasteiger partial charge >= 0.3 is 5.97 Å². The van der Waals surface area contributed by atoms with Crippen LogP contribution in [0.3, 0.4) is 0 Å². The van der Waals surface area contributed by atoms with Crippen LogP contribution in [-0.2, 0) is 9.53 Å². The summed E-state index contributed by atoms with van der Waals surface area (Å²) >= 11 is 0. The molecule has 0 aromatic carbocycles. The molecular weight excluding hydrogens is 128 g/mol. The molecule has 1 aliphatic rings. The first-order chi connectivity index (χ1) is 4.22. The van der Waals surface area contributed by atoms with Gasteiger partial charge in [-0.1, -0.05) is 21.3 Å². The standard InChI is InChI=1S/C7H12O2.CH4/c1-5-3-4-9-7(8)6(5)2;/h5-6H,3-4H2,1-2H3;1H4. The molecule has 0 aromatic rings. The minimum absolute atomic E-state index is 0. The van der Waals surface area contributed by atoms with Crippen molar-refractivity contribution in [3.05, 3.63) is 0 Å². The van der Waals surface area contributed by atoms with Crippen molar-refractivity contribution in [2.75, 3.05) is 6.61 Å². The van der Waals surface area contributed by atoms with Crippen molar-refractivity contribution >= 4 is 5.97 Å². The van der Waals surface area contributed by atoms with Crippen LogP contribution in [0, 0.1) is 11.8 Å². The zero-order valence-electron chi connectivity index (χ0n) is 5.89. The van der Waals surface area contributed by atoms with Gasteiger partial charge < -0.3 is 4.74 Å². The average molecular weight is 144 g/mol. The minimum atomic E-state index is -0.0336. The van der Waals surface area contributed by atoms with Crippen molar-refractivity contribution in [3.8, 4) is 0 Å². The summed E-state index contributed by atoms with van der Waals surface area (Å²) in [6.07, 6.45) is 1.02. The van der Waals surface area contributed by atoms with E-state index >= 15 is 0 Å². The predicted molar refractivity (Wildman–Crippen MR) is 40.6 cm³/mol. The fourth-order valence-electron chi connectivity index (χ4n) is 0.959. The van der Waals surface area contributed by atoms with Gasteiger partial charge in [0.25, 0.3) is 0 Å². The van der Waals surface area contributed by atoms with Gasteiger partial charge in [-0.25, -0.2) is 0 Å². The highest BCUT2D eigenvalue weighted by atomic mass is 16.5. The minimum Gasteiger partial charge on any atom is -0.465 e. The van der Waals surface area contributed by atoms with Crippen LogP contribution in [0.15, 0.2) is 0 Å². The molecule has 1 heterocycles. The Kier molecular flexibility index (Phi) is 3.40. The van der Waals surface area contributed by atoms with Crippen LogP contribution in [0.1, 0.15) is 27.7 Å². The Morgan fingerprint density at radius 1 is 1.50 bits per heavy atom. The van der Waals surface area contributed by atoms with Crippen molar-refractivity contribution in [3.63, 3.8) is 0 Å². The van der Waals surface area contributed by atoms with E-state index in [2.05, 4.69) is 6.92 Å². The Labute approximate surface area is 62.6 Å². The van der Waals surface area contributed by atoms with E-state index < -0.39 is 0 Å². The van der Waals surface area contributed by atoms with Crippen LogP contribution in [-0.4, -0.2) is 12.6 Å². The number of ether oxygens (including phenoxy) is 1. The lowest BCUT2D eigenvalue weighted by molar-refractivity contribution is -0.155. The van der Waals surface area contributed by atoms with Crippen LogP contribution in [0.2, 0.25) is 0 Å². The van der Waals surface area contributed by atoms with E-state index in [1.165, 1.54) is 0 Å². The fraction of sp³-hybridized carbons (Fsp3) is 0.875. The molecule has 1 aliphatic heterocycles. The zero-order chi connectivity index (χ0) is 6.85. The van der Waals surface area contributed by atoms with Crippen LogP contribution < -0.4 is 0 Å². The third-order valence-corrected chi connectivity index (χ3v) is 2.04. The highest BCUT2D eigenvalue weighted by Gasteiger charge is 2.25. The van der Waals surface area contributed by atoms with Crippen molar-refractivity contribution in [2.24, 2.45) is 11.8 Å². The Balaban J connectivity index is 0.000000810. The normalized spacial score (nSPS) is 32.4. The molecule has 0 radical (unpaired) electrons. The van der Waals surface area contributed by atoms with Gasteiger partial charge in [0, 0.05) is 0 Å². The van der Waals surface area contributed by atoms with Gasteiger partial charge in [-0.2, -0.15) is 0 Å². The van der Waals surface area contributed by atoms with Crippen molar-refractivity contribution in [2.45, 2.75) is 27.7 Å². The second-order valence-corrected chi connectivity index (χ2v) is 2.72. The van der Waals surface area contributed by atoms with Crippen LogP contribution in [0.5, 0.6) is 0 Å². The Morgan fingerprint density at radius 3 is 2.50 bits per heavy atom. The van der Waals surface area contributed by atoms with E-state index in [1.54, 1.807) is 0 Å². The van der Waals surface area contributed by atoms with E-state index in [4.69, 9.17) is 4.74 Å². The van der Waals surface area contributed by atoms with Gasteiger partial charge in [-0.05, 0) is 12.3 Å². The van der Waals surface area contributed by atoms with Crippen molar-refractivity contribution < 1.29 is 9.53 Å². The predicted octanol–water partition coefficient (Wildman–Crippen LogP) is 1.84. The molecule has 2 nitrogen and oxygen atoms in total. The summed E-state index contributed by atoms with van der Waals surface area (Å²) in [6.45, 7) is 4.63. The molecule has 0 aromatic heterocycles. The summed E-state index contributed by atoms with van der Waals surface area (Å²) in [5.41, 5.74) is 0. The van der Waals surface area contributed by atoms with E-state index in [-0.39, 0.29) is 19.3 Å². The average Bonchev–Trinajstić information content (AvgIpc) is 1.83. The van der Waals surface area contributed by atoms with E-state index in [0.29, 0.717) is 12.5 Å². The fourth-order valence-corrected chi connectivity index (χ4v) is 0.959. The molecule has 1 fully saturated rings. The molecule has 0 N–H and O–H groups in total.